The molecule has 0 saturated heterocycles. The number of hydrogen-bond acceptors (Lipinski definition) is 2. The summed E-state index contributed by atoms with van der Waals surface area (Å²) in [6.45, 7) is 4.72. The van der Waals surface area contributed by atoms with Crippen LogP contribution >= 0.6 is 0 Å². The van der Waals surface area contributed by atoms with Gasteiger partial charge in [0, 0.05) is 44.6 Å². The summed E-state index contributed by atoms with van der Waals surface area (Å²) in [7, 11) is 0. The zero-order chi connectivity index (χ0) is 45.8. The van der Waals surface area contributed by atoms with Gasteiger partial charge in [-0.05, 0) is 148 Å². The van der Waals surface area contributed by atoms with E-state index in [1.165, 1.54) is 44.2 Å². The van der Waals surface area contributed by atoms with E-state index < -0.39 is 0 Å². The highest BCUT2D eigenvalue weighted by atomic mass is 15.2. The van der Waals surface area contributed by atoms with Gasteiger partial charge in [-0.3, -0.25) is 8.97 Å². The molecule has 10 aromatic carbocycles. The summed E-state index contributed by atoms with van der Waals surface area (Å²) < 4.78 is 7.00. The Labute approximate surface area is 400 Å². The molecule has 0 spiro atoms. The van der Waals surface area contributed by atoms with Crippen LogP contribution in [0.25, 0.3) is 94.4 Å². The first-order valence-electron chi connectivity index (χ1n) is 23.8. The first-order valence-corrected chi connectivity index (χ1v) is 23.8. The van der Waals surface area contributed by atoms with Gasteiger partial charge in [-0.1, -0.05) is 147 Å². The number of rotatable bonds is 7. The second-order valence-electron chi connectivity index (χ2n) is 18.9. The fraction of sp³-hybridized carbons (Fsp3) is 0.0469. The monoisotopic (exact) mass is 883 g/mol. The maximum absolute atomic E-state index is 5.17. The molecule has 69 heavy (non-hydrogen) atoms. The molecular formula is C64H45N5. The lowest BCUT2D eigenvalue weighted by atomic mass is 9.82. The molecule has 0 amide bonds. The Morgan fingerprint density at radius 3 is 1.67 bits per heavy atom. The van der Waals surface area contributed by atoms with Crippen LogP contribution in [0.15, 0.2) is 237 Å². The van der Waals surface area contributed by atoms with Crippen LogP contribution in [0.2, 0.25) is 0 Å². The van der Waals surface area contributed by atoms with Crippen molar-refractivity contribution in [3.05, 3.63) is 248 Å². The average Bonchev–Trinajstić information content (AvgIpc) is 4.11. The molecule has 0 bridgehead atoms. The number of para-hydroxylation sites is 4. The van der Waals surface area contributed by atoms with Crippen molar-refractivity contribution < 1.29 is 0 Å². The third-order valence-electron chi connectivity index (χ3n) is 14.6. The van der Waals surface area contributed by atoms with Crippen molar-refractivity contribution >= 4 is 66.7 Å². The summed E-state index contributed by atoms with van der Waals surface area (Å²) in [6, 6.07) is 86.2. The lowest BCUT2D eigenvalue weighted by Crippen LogP contribution is -2.16. The Morgan fingerprint density at radius 2 is 0.899 bits per heavy atom. The van der Waals surface area contributed by atoms with Crippen LogP contribution in [0, 0.1) is 0 Å². The summed E-state index contributed by atoms with van der Waals surface area (Å²) in [6.07, 6.45) is 0. The van der Waals surface area contributed by atoms with E-state index in [1.54, 1.807) is 0 Å². The zero-order valence-corrected chi connectivity index (χ0v) is 38.3. The molecule has 0 radical (unpaired) electrons. The fourth-order valence-electron chi connectivity index (χ4n) is 11.3. The van der Waals surface area contributed by atoms with E-state index in [0.29, 0.717) is 0 Å². The van der Waals surface area contributed by atoms with Crippen LogP contribution in [-0.4, -0.2) is 18.5 Å². The molecule has 5 nitrogen and oxygen atoms in total. The van der Waals surface area contributed by atoms with Gasteiger partial charge in [0.05, 0.1) is 33.1 Å². The number of fused-ring (bicyclic) bond motifs is 11. The molecule has 5 heteroatoms. The molecule has 0 unspecified atom stereocenters. The molecule has 0 atom stereocenters. The molecular weight excluding hydrogens is 839 g/mol. The fourth-order valence-corrected chi connectivity index (χ4v) is 11.3. The summed E-state index contributed by atoms with van der Waals surface area (Å²) in [5.74, 6) is 0.902. The molecule has 3 heterocycles. The topological polar surface area (TPSA) is 30.4 Å². The van der Waals surface area contributed by atoms with Crippen molar-refractivity contribution in [2.45, 2.75) is 19.3 Å². The molecule has 14 rings (SSSR count). The van der Waals surface area contributed by atoms with E-state index >= 15 is 0 Å². The van der Waals surface area contributed by atoms with Gasteiger partial charge >= 0.3 is 0 Å². The Morgan fingerprint density at radius 1 is 0.362 bits per heavy atom. The van der Waals surface area contributed by atoms with E-state index in [0.717, 1.165) is 78.4 Å². The molecule has 0 aliphatic heterocycles. The normalized spacial score (nSPS) is 12.9. The highest BCUT2D eigenvalue weighted by molar-refractivity contribution is 6.12. The van der Waals surface area contributed by atoms with Crippen molar-refractivity contribution in [1.82, 2.24) is 18.5 Å². The highest BCUT2D eigenvalue weighted by Gasteiger charge is 2.36. The third kappa shape index (κ3) is 6.00. The minimum absolute atomic E-state index is 0.141. The first-order chi connectivity index (χ1) is 34.0. The maximum Gasteiger partial charge on any atom is 0.220 e. The number of imidazole rings is 2. The van der Waals surface area contributed by atoms with Gasteiger partial charge in [0.25, 0.3) is 0 Å². The van der Waals surface area contributed by atoms with Crippen LogP contribution in [0.5, 0.6) is 0 Å². The second kappa shape index (κ2) is 15.0. The van der Waals surface area contributed by atoms with Gasteiger partial charge in [0.1, 0.15) is 0 Å². The van der Waals surface area contributed by atoms with Crippen LogP contribution in [0.4, 0.5) is 17.1 Å². The van der Waals surface area contributed by atoms with Crippen molar-refractivity contribution in [2.24, 2.45) is 0 Å². The number of aromatic nitrogens is 4. The average molecular weight is 884 g/mol. The van der Waals surface area contributed by atoms with Crippen LogP contribution in [-0.2, 0) is 5.41 Å². The molecule has 1 aliphatic carbocycles. The summed E-state index contributed by atoms with van der Waals surface area (Å²) in [4.78, 5) is 7.61. The number of benzene rings is 10. The van der Waals surface area contributed by atoms with Gasteiger partial charge in [0.2, 0.25) is 5.78 Å². The van der Waals surface area contributed by atoms with Gasteiger partial charge < -0.3 is 9.47 Å². The standard InChI is InChI=1S/C64H45N5/c1-64(2)55-23-13-12-22-51(55)52-34-32-50(41-56(52)64)66(48-30-26-43(27-31-48)42-16-6-3-7-17-42)49-33-37-59-54(40-49)53-38-44(28-35-58(53)67(59)46-18-8-4-9-19-46)45-29-36-61-62(39-45)69-60-25-15-14-24-57(60)65-63(69)68(61)47-20-10-5-11-21-47/h3-41H,1-2H3. The molecule has 0 fully saturated rings. The molecule has 3 aromatic heterocycles. The Balaban J connectivity index is 0.973. The van der Waals surface area contributed by atoms with Crippen molar-refractivity contribution in [3.8, 4) is 44.8 Å². The summed E-state index contributed by atoms with van der Waals surface area (Å²) in [5.41, 5.74) is 22.1. The van der Waals surface area contributed by atoms with E-state index in [1.807, 2.05) is 0 Å². The van der Waals surface area contributed by atoms with E-state index in [2.05, 4.69) is 269 Å². The second-order valence-corrected chi connectivity index (χ2v) is 18.9. The Hall–Kier alpha value is -8.93. The lowest BCUT2D eigenvalue weighted by Gasteiger charge is -2.28. The van der Waals surface area contributed by atoms with Crippen LogP contribution in [0.1, 0.15) is 25.0 Å². The van der Waals surface area contributed by atoms with E-state index in [9.17, 15) is 0 Å². The Kier molecular flexibility index (Phi) is 8.56. The Bertz CT molecular complexity index is 4140. The molecule has 0 saturated carbocycles. The minimum Gasteiger partial charge on any atom is -0.310 e. The van der Waals surface area contributed by atoms with Gasteiger partial charge in [-0.2, -0.15) is 0 Å². The third-order valence-corrected chi connectivity index (χ3v) is 14.6. The summed E-state index contributed by atoms with van der Waals surface area (Å²) in [5, 5.41) is 2.38. The first kappa shape index (κ1) is 39.3. The van der Waals surface area contributed by atoms with E-state index in [4.69, 9.17) is 4.98 Å². The van der Waals surface area contributed by atoms with Crippen molar-refractivity contribution in [3.63, 3.8) is 0 Å². The van der Waals surface area contributed by atoms with Gasteiger partial charge in [0.15, 0.2) is 0 Å². The maximum atomic E-state index is 5.17. The number of anilines is 3. The number of nitrogens with zero attached hydrogens (tertiary/aromatic N) is 5. The van der Waals surface area contributed by atoms with Crippen molar-refractivity contribution in [1.29, 1.82) is 0 Å². The highest BCUT2D eigenvalue weighted by Crippen LogP contribution is 2.51. The van der Waals surface area contributed by atoms with E-state index in [-0.39, 0.29) is 5.41 Å². The summed E-state index contributed by atoms with van der Waals surface area (Å²) >= 11 is 0. The number of hydrogen-bond donors (Lipinski definition) is 0. The van der Waals surface area contributed by atoms with Crippen molar-refractivity contribution in [2.75, 3.05) is 4.90 Å². The molecule has 0 N–H and O–H groups in total. The quantitative estimate of drug-likeness (QED) is 0.160. The molecule has 1 aliphatic rings. The van der Waals surface area contributed by atoms with Crippen LogP contribution < -0.4 is 4.90 Å². The van der Waals surface area contributed by atoms with Gasteiger partial charge in [-0.25, -0.2) is 4.98 Å². The SMILES string of the molecule is CC1(C)c2ccccc2-c2ccc(N(c3ccc(-c4ccccc4)cc3)c3ccc4c(c3)c3cc(-c5ccc6c(c5)n5c7ccccc7nc5n6-c5ccccc5)ccc3n4-c3ccccc3)cc21. The minimum atomic E-state index is -0.141. The zero-order valence-electron chi connectivity index (χ0n) is 38.3. The molecule has 326 valence electrons. The largest absolute Gasteiger partial charge is 0.310 e. The smallest absolute Gasteiger partial charge is 0.220 e. The van der Waals surface area contributed by atoms with Gasteiger partial charge in [-0.15, -0.1) is 0 Å². The van der Waals surface area contributed by atoms with Crippen LogP contribution in [0.3, 0.4) is 0 Å². The molecule has 13 aromatic rings. The predicted molar refractivity (Wildman–Crippen MR) is 287 cm³/mol. The lowest BCUT2D eigenvalue weighted by molar-refractivity contribution is 0.660. The predicted octanol–water partition coefficient (Wildman–Crippen LogP) is 16.6.